The first-order valence-electron chi connectivity index (χ1n) is 6.57. The number of amides is 2. The third-order valence-electron chi connectivity index (χ3n) is 3.21. The van der Waals surface area contributed by atoms with Crippen LogP contribution in [0.1, 0.15) is 12.0 Å². The molecule has 1 saturated heterocycles. The molecule has 1 N–H and O–H groups in total. The van der Waals surface area contributed by atoms with Crippen LogP contribution < -0.4 is 5.32 Å². The molecule has 0 saturated carbocycles. The standard InChI is InChI=1S/C14H17IN2O4/c1-20-13(18)16-12-11(15)7-8-17(12)14(19)21-9-10-5-3-2-4-6-10/h2-6,11-12H,7-9H2,1H3,(H,16,18)/t11-,12-/m1/s1. The number of nitrogens with zero attached hydrogens (tertiary/aromatic N) is 1. The summed E-state index contributed by atoms with van der Waals surface area (Å²) < 4.78 is 10.0. The molecule has 2 amide bonds. The second-order valence-electron chi connectivity index (χ2n) is 4.62. The highest BCUT2D eigenvalue weighted by Gasteiger charge is 2.37. The van der Waals surface area contributed by atoms with Crippen molar-refractivity contribution >= 4 is 34.8 Å². The van der Waals surface area contributed by atoms with Gasteiger partial charge in [0.2, 0.25) is 0 Å². The topological polar surface area (TPSA) is 67.9 Å². The molecule has 1 aromatic rings. The van der Waals surface area contributed by atoms with Crippen molar-refractivity contribution in [3.8, 4) is 0 Å². The van der Waals surface area contributed by atoms with Gasteiger partial charge in [0.05, 0.1) is 11.0 Å². The lowest BCUT2D eigenvalue weighted by atomic mass is 10.2. The molecule has 7 heteroatoms. The van der Waals surface area contributed by atoms with Crippen molar-refractivity contribution in [2.45, 2.75) is 23.1 Å². The maximum atomic E-state index is 12.2. The average Bonchev–Trinajstić information content (AvgIpc) is 2.87. The quantitative estimate of drug-likeness (QED) is 0.621. The van der Waals surface area contributed by atoms with Crippen LogP contribution in [0.25, 0.3) is 0 Å². The second kappa shape index (κ2) is 7.48. The van der Waals surface area contributed by atoms with Crippen molar-refractivity contribution in [3.05, 3.63) is 35.9 Å². The maximum Gasteiger partial charge on any atom is 0.411 e. The molecular weight excluding hydrogens is 387 g/mol. The lowest BCUT2D eigenvalue weighted by molar-refractivity contribution is 0.0857. The minimum absolute atomic E-state index is 0.131. The first-order valence-corrected chi connectivity index (χ1v) is 7.82. The number of hydrogen-bond donors (Lipinski definition) is 1. The van der Waals surface area contributed by atoms with E-state index in [2.05, 4.69) is 32.6 Å². The number of alkyl carbamates (subject to hydrolysis) is 1. The fraction of sp³-hybridized carbons (Fsp3) is 0.429. The van der Waals surface area contributed by atoms with Crippen molar-refractivity contribution in [1.82, 2.24) is 10.2 Å². The molecule has 2 rings (SSSR count). The van der Waals surface area contributed by atoms with E-state index >= 15 is 0 Å². The highest BCUT2D eigenvalue weighted by atomic mass is 127. The van der Waals surface area contributed by atoms with Crippen molar-refractivity contribution in [2.24, 2.45) is 0 Å². The summed E-state index contributed by atoms with van der Waals surface area (Å²) in [6.07, 6.45) is -0.583. The molecule has 0 aromatic heterocycles. The third-order valence-corrected chi connectivity index (χ3v) is 4.52. The molecule has 1 aliphatic heterocycles. The predicted molar refractivity (Wildman–Crippen MR) is 85.1 cm³/mol. The SMILES string of the molecule is COC(=O)N[C@H]1[C@H](I)CCN1C(=O)OCc1ccccc1. The highest BCUT2D eigenvalue weighted by Crippen LogP contribution is 2.24. The van der Waals surface area contributed by atoms with E-state index in [0.717, 1.165) is 12.0 Å². The minimum Gasteiger partial charge on any atom is -0.453 e. The van der Waals surface area contributed by atoms with Gasteiger partial charge in [-0.1, -0.05) is 52.9 Å². The number of halogens is 1. The fourth-order valence-corrected chi connectivity index (χ4v) is 2.96. The fourth-order valence-electron chi connectivity index (χ4n) is 2.11. The predicted octanol–water partition coefficient (Wildman–Crippen LogP) is 2.51. The number of carbonyl (C=O) groups is 2. The number of alkyl halides is 1. The Hall–Kier alpha value is -1.51. The largest absolute Gasteiger partial charge is 0.453 e. The van der Waals surface area contributed by atoms with E-state index in [1.165, 1.54) is 12.0 Å². The molecule has 0 unspecified atom stereocenters. The van der Waals surface area contributed by atoms with Crippen molar-refractivity contribution < 1.29 is 19.1 Å². The first kappa shape index (κ1) is 15.9. The molecule has 1 fully saturated rings. The molecule has 0 bridgehead atoms. The smallest absolute Gasteiger partial charge is 0.411 e. The number of likely N-dealkylation sites (tertiary alicyclic amines) is 1. The van der Waals surface area contributed by atoms with Crippen LogP contribution in [0.15, 0.2) is 30.3 Å². The van der Waals surface area contributed by atoms with Crippen LogP contribution in [0, 0.1) is 0 Å². The number of carbonyl (C=O) groups excluding carboxylic acids is 2. The van der Waals surface area contributed by atoms with Crippen molar-refractivity contribution in [2.75, 3.05) is 13.7 Å². The Morgan fingerprint density at radius 1 is 1.38 bits per heavy atom. The molecule has 1 aromatic carbocycles. The molecule has 1 aliphatic rings. The number of benzene rings is 1. The zero-order valence-electron chi connectivity index (χ0n) is 11.6. The Balaban J connectivity index is 1.92. The van der Waals surface area contributed by atoms with Crippen LogP contribution in [0.2, 0.25) is 0 Å². The summed E-state index contributed by atoms with van der Waals surface area (Å²) in [5.74, 6) is 0. The van der Waals surface area contributed by atoms with Crippen LogP contribution in [0.3, 0.4) is 0 Å². The number of rotatable bonds is 3. The van der Waals surface area contributed by atoms with Gasteiger partial charge in [-0.3, -0.25) is 10.2 Å². The Bertz CT molecular complexity index is 497. The van der Waals surface area contributed by atoms with E-state index in [1.54, 1.807) is 0 Å². The van der Waals surface area contributed by atoms with Gasteiger partial charge in [0.25, 0.3) is 0 Å². The molecule has 0 aliphatic carbocycles. The molecule has 21 heavy (non-hydrogen) atoms. The Morgan fingerprint density at radius 2 is 2.10 bits per heavy atom. The Kier molecular flexibility index (Phi) is 5.66. The van der Waals surface area contributed by atoms with Crippen molar-refractivity contribution in [1.29, 1.82) is 0 Å². The Morgan fingerprint density at radius 3 is 2.76 bits per heavy atom. The van der Waals surface area contributed by atoms with Crippen LogP contribution in [-0.4, -0.2) is 40.8 Å². The van der Waals surface area contributed by atoms with E-state index < -0.39 is 18.4 Å². The lowest BCUT2D eigenvalue weighted by Crippen LogP contribution is -2.50. The molecule has 2 atom stereocenters. The minimum atomic E-state index is -0.551. The van der Waals surface area contributed by atoms with Crippen LogP contribution >= 0.6 is 22.6 Å². The molecule has 0 spiro atoms. The second-order valence-corrected chi connectivity index (χ2v) is 6.22. The normalized spacial score (nSPS) is 21.0. The summed E-state index contributed by atoms with van der Waals surface area (Å²) in [6, 6.07) is 9.47. The summed E-state index contributed by atoms with van der Waals surface area (Å²) >= 11 is 2.21. The highest BCUT2D eigenvalue weighted by molar-refractivity contribution is 14.1. The maximum absolute atomic E-state index is 12.2. The van der Waals surface area contributed by atoms with Gasteiger partial charge in [-0.15, -0.1) is 0 Å². The Labute approximate surface area is 136 Å². The summed E-state index contributed by atoms with van der Waals surface area (Å²) in [7, 11) is 1.30. The third kappa shape index (κ3) is 4.23. The first-order chi connectivity index (χ1) is 10.1. The summed E-state index contributed by atoms with van der Waals surface area (Å²) in [5.41, 5.74) is 0.925. The number of ether oxygens (including phenoxy) is 2. The van der Waals surface area contributed by atoms with E-state index in [0.29, 0.717) is 6.54 Å². The van der Waals surface area contributed by atoms with Crippen LogP contribution in [-0.2, 0) is 16.1 Å². The molecule has 0 radical (unpaired) electrons. The van der Waals surface area contributed by atoms with E-state index in [1.807, 2.05) is 30.3 Å². The zero-order valence-corrected chi connectivity index (χ0v) is 13.8. The van der Waals surface area contributed by atoms with E-state index in [4.69, 9.17) is 4.74 Å². The monoisotopic (exact) mass is 404 g/mol. The van der Waals surface area contributed by atoms with Gasteiger partial charge in [0.15, 0.2) is 0 Å². The molecule has 6 nitrogen and oxygen atoms in total. The number of hydrogen-bond acceptors (Lipinski definition) is 4. The van der Waals surface area contributed by atoms with Gasteiger partial charge in [0, 0.05) is 6.54 Å². The number of methoxy groups -OCH3 is 1. The molecule has 114 valence electrons. The van der Waals surface area contributed by atoms with Gasteiger partial charge in [-0.05, 0) is 12.0 Å². The summed E-state index contributed by atoms with van der Waals surface area (Å²) in [4.78, 5) is 25.0. The van der Waals surface area contributed by atoms with E-state index in [-0.39, 0.29) is 10.5 Å². The zero-order chi connectivity index (χ0) is 15.2. The summed E-state index contributed by atoms with van der Waals surface area (Å²) in [5, 5.41) is 2.66. The van der Waals surface area contributed by atoms with Gasteiger partial charge in [-0.25, -0.2) is 9.59 Å². The van der Waals surface area contributed by atoms with Crippen LogP contribution in [0.5, 0.6) is 0 Å². The lowest BCUT2D eigenvalue weighted by Gasteiger charge is -2.25. The molecular formula is C14H17IN2O4. The van der Waals surface area contributed by atoms with E-state index in [9.17, 15) is 9.59 Å². The van der Waals surface area contributed by atoms with Gasteiger partial charge >= 0.3 is 12.2 Å². The number of nitrogens with one attached hydrogen (secondary N) is 1. The van der Waals surface area contributed by atoms with Gasteiger partial charge < -0.3 is 9.47 Å². The van der Waals surface area contributed by atoms with Crippen molar-refractivity contribution in [3.63, 3.8) is 0 Å². The molecule has 1 heterocycles. The average molecular weight is 404 g/mol. The van der Waals surface area contributed by atoms with Gasteiger partial charge in [-0.2, -0.15) is 0 Å². The van der Waals surface area contributed by atoms with Crippen LogP contribution in [0.4, 0.5) is 9.59 Å². The van der Waals surface area contributed by atoms with Gasteiger partial charge in [0.1, 0.15) is 12.8 Å². The summed E-state index contributed by atoms with van der Waals surface area (Å²) in [6.45, 7) is 0.767.